The molecule has 0 unspecified atom stereocenters. The number of nitrogens with zero attached hydrogens (tertiary/aromatic N) is 2. The van der Waals surface area contributed by atoms with Gasteiger partial charge in [-0.2, -0.15) is 0 Å². The Bertz CT molecular complexity index is 819. The molecule has 0 saturated heterocycles. The van der Waals surface area contributed by atoms with Crippen LogP contribution in [0.25, 0.3) is 22.2 Å². The summed E-state index contributed by atoms with van der Waals surface area (Å²) in [7, 11) is 0. The van der Waals surface area contributed by atoms with Crippen LogP contribution in [0.5, 0.6) is 0 Å². The van der Waals surface area contributed by atoms with Gasteiger partial charge in [-0.3, -0.25) is 0 Å². The molecule has 3 aromatic rings. The van der Waals surface area contributed by atoms with E-state index in [-0.39, 0.29) is 0 Å². The van der Waals surface area contributed by atoms with Gasteiger partial charge in [0.05, 0.1) is 22.7 Å². The van der Waals surface area contributed by atoms with Crippen molar-refractivity contribution in [2.24, 2.45) is 10.7 Å². The third kappa shape index (κ3) is 3.03. The summed E-state index contributed by atoms with van der Waals surface area (Å²) < 4.78 is 0. The number of nitrogens with two attached hydrogens (primary N) is 1. The molecule has 0 aliphatic carbocycles. The minimum absolute atomic E-state index is 0.531. The molecule has 104 valence electrons. The Morgan fingerprint density at radius 2 is 1.76 bits per heavy atom. The van der Waals surface area contributed by atoms with E-state index in [1.165, 1.54) is 0 Å². The minimum atomic E-state index is 0.531. The molecule has 2 aromatic carbocycles. The van der Waals surface area contributed by atoms with Gasteiger partial charge in [-0.05, 0) is 37.3 Å². The number of pyridine rings is 1. The molecule has 0 aliphatic rings. The maximum absolute atomic E-state index is 5.92. The fourth-order valence-corrected chi connectivity index (χ4v) is 2.29. The van der Waals surface area contributed by atoms with E-state index in [2.05, 4.69) is 16.0 Å². The van der Waals surface area contributed by atoms with Gasteiger partial charge in [0.25, 0.3) is 0 Å². The maximum Gasteiger partial charge on any atom is 0.0964 e. The van der Waals surface area contributed by atoms with E-state index in [0.29, 0.717) is 5.84 Å². The van der Waals surface area contributed by atoms with Gasteiger partial charge in [-0.15, -0.1) is 0 Å². The molecule has 2 N–H and O–H groups in total. The molecule has 0 aliphatic heterocycles. The first-order valence-electron chi connectivity index (χ1n) is 6.59. The monoisotopic (exact) mass is 295 g/mol. The lowest BCUT2D eigenvalue weighted by Gasteiger charge is -2.04. The number of hydrogen-bond donors (Lipinski definition) is 1. The highest BCUT2D eigenvalue weighted by atomic mass is 35.5. The van der Waals surface area contributed by atoms with E-state index < -0.39 is 0 Å². The number of aliphatic imine (C=N–C) groups is 1. The van der Waals surface area contributed by atoms with Gasteiger partial charge in [0.1, 0.15) is 0 Å². The summed E-state index contributed by atoms with van der Waals surface area (Å²) in [4.78, 5) is 8.95. The molecule has 0 saturated carbocycles. The SMILES string of the molecule is CC(N)=Nc1ccc2ccc(-c3ccc(Cl)cc3)nc2c1. The summed E-state index contributed by atoms with van der Waals surface area (Å²) in [6.45, 7) is 1.77. The van der Waals surface area contributed by atoms with Gasteiger partial charge in [-0.25, -0.2) is 9.98 Å². The highest BCUT2D eigenvalue weighted by molar-refractivity contribution is 6.30. The number of halogens is 1. The van der Waals surface area contributed by atoms with Crippen molar-refractivity contribution in [3.8, 4) is 11.3 Å². The van der Waals surface area contributed by atoms with E-state index in [9.17, 15) is 0 Å². The average molecular weight is 296 g/mol. The topological polar surface area (TPSA) is 51.3 Å². The molecule has 0 fully saturated rings. The largest absolute Gasteiger partial charge is 0.387 e. The van der Waals surface area contributed by atoms with Crippen LogP contribution >= 0.6 is 11.6 Å². The van der Waals surface area contributed by atoms with Crippen LogP contribution in [-0.2, 0) is 0 Å². The molecular weight excluding hydrogens is 282 g/mol. The molecule has 0 radical (unpaired) electrons. The van der Waals surface area contributed by atoms with Crippen molar-refractivity contribution in [1.29, 1.82) is 0 Å². The molecule has 0 bridgehead atoms. The minimum Gasteiger partial charge on any atom is -0.387 e. The number of rotatable bonds is 2. The number of aromatic nitrogens is 1. The second-order valence-electron chi connectivity index (χ2n) is 4.83. The van der Waals surface area contributed by atoms with Gasteiger partial charge in [0.2, 0.25) is 0 Å². The molecule has 3 rings (SSSR count). The predicted molar refractivity (Wildman–Crippen MR) is 89.1 cm³/mol. The highest BCUT2D eigenvalue weighted by Gasteiger charge is 2.03. The lowest BCUT2D eigenvalue weighted by molar-refractivity contribution is 1.38. The quantitative estimate of drug-likeness (QED) is 0.556. The predicted octanol–water partition coefficient (Wildman–Crippen LogP) is 4.56. The fraction of sp³-hybridized carbons (Fsp3) is 0.0588. The van der Waals surface area contributed by atoms with Crippen LogP contribution in [0.2, 0.25) is 5.02 Å². The third-order valence-corrected chi connectivity index (χ3v) is 3.37. The van der Waals surface area contributed by atoms with Crippen LogP contribution in [-0.4, -0.2) is 10.8 Å². The first kappa shape index (κ1) is 13.6. The third-order valence-electron chi connectivity index (χ3n) is 3.12. The van der Waals surface area contributed by atoms with Gasteiger partial charge in [0.15, 0.2) is 0 Å². The van der Waals surface area contributed by atoms with Crippen molar-refractivity contribution in [2.75, 3.05) is 0 Å². The van der Waals surface area contributed by atoms with Crippen LogP contribution in [0.15, 0.2) is 59.6 Å². The Morgan fingerprint density at radius 3 is 2.48 bits per heavy atom. The molecule has 1 aromatic heterocycles. The molecule has 4 heteroatoms. The second-order valence-corrected chi connectivity index (χ2v) is 5.27. The molecule has 3 nitrogen and oxygen atoms in total. The lowest BCUT2D eigenvalue weighted by atomic mass is 10.1. The van der Waals surface area contributed by atoms with Crippen molar-refractivity contribution < 1.29 is 0 Å². The molecule has 21 heavy (non-hydrogen) atoms. The number of hydrogen-bond acceptors (Lipinski definition) is 2. The summed E-state index contributed by atoms with van der Waals surface area (Å²) >= 11 is 5.92. The summed E-state index contributed by atoms with van der Waals surface area (Å²) in [6.07, 6.45) is 0. The van der Waals surface area contributed by atoms with E-state index in [4.69, 9.17) is 17.3 Å². The zero-order valence-corrected chi connectivity index (χ0v) is 12.3. The van der Waals surface area contributed by atoms with Crippen LogP contribution in [0.3, 0.4) is 0 Å². The van der Waals surface area contributed by atoms with Gasteiger partial charge in [-0.1, -0.05) is 35.9 Å². The van der Waals surface area contributed by atoms with Crippen molar-refractivity contribution >= 4 is 34.0 Å². The number of benzene rings is 2. The Labute approximate surface area is 128 Å². The molecule has 0 spiro atoms. The molecular formula is C17H14ClN3. The highest BCUT2D eigenvalue weighted by Crippen LogP contribution is 2.25. The van der Waals surface area contributed by atoms with E-state index in [0.717, 1.165) is 32.9 Å². The van der Waals surface area contributed by atoms with Crippen molar-refractivity contribution in [3.05, 3.63) is 59.6 Å². The van der Waals surface area contributed by atoms with Crippen LogP contribution < -0.4 is 5.73 Å². The molecule has 0 atom stereocenters. The summed E-state index contributed by atoms with van der Waals surface area (Å²) in [5, 5.41) is 1.79. The Morgan fingerprint density at radius 1 is 1.05 bits per heavy atom. The zero-order valence-electron chi connectivity index (χ0n) is 11.5. The van der Waals surface area contributed by atoms with Gasteiger partial charge >= 0.3 is 0 Å². The van der Waals surface area contributed by atoms with Crippen LogP contribution in [0.4, 0.5) is 5.69 Å². The van der Waals surface area contributed by atoms with Crippen LogP contribution in [0.1, 0.15) is 6.92 Å². The summed E-state index contributed by atoms with van der Waals surface area (Å²) in [5.41, 5.74) is 9.26. The fourth-order valence-electron chi connectivity index (χ4n) is 2.16. The lowest BCUT2D eigenvalue weighted by Crippen LogP contribution is -2.03. The summed E-state index contributed by atoms with van der Waals surface area (Å²) in [6, 6.07) is 17.6. The Balaban J connectivity index is 2.09. The molecule has 0 amide bonds. The van der Waals surface area contributed by atoms with E-state index >= 15 is 0 Å². The summed E-state index contributed by atoms with van der Waals surface area (Å²) in [5.74, 6) is 0.531. The average Bonchev–Trinajstić information content (AvgIpc) is 2.46. The first-order chi connectivity index (χ1) is 10.1. The normalized spacial score (nSPS) is 11.8. The van der Waals surface area contributed by atoms with Gasteiger partial charge in [0, 0.05) is 16.0 Å². The number of amidine groups is 1. The number of fused-ring (bicyclic) bond motifs is 1. The van der Waals surface area contributed by atoms with Gasteiger partial charge < -0.3 is 5.73 Å². The molecule has 1 heterocycles. The van der Waals surface area contributed by atoms with Crippen molar-refractivity contribution in [3.63, 3.8) is 0 Å². The van der Waals surface area contributed by atoms with E-state index in [1.54, 1.807) is 6.92 Å². The first-order valence-corrected chi connectivity index (χ1v) is 6.97. The van der Waals surface area contributed by atoms with Crippen molar-refractivity contribution in [1.82, 2.24) is 4.98 Å². The van der Waals surface area contributed by atoms with Crippen LogP contribution in [0, 0.1) is 0 Å². The zero-order chi connectivity index (χ0) is 14.8. The van der Waals surface area contributed by atoms with Crippen molar-refractivity contribution in [2.45, 2.75) is 6.92 Å². The maximum atomic E-state index is 5.92. The van der Waals surface area contributed by atoms with E-state index in [1.807, 2.05) is 48.5 Å². The smallest absolute Gasteiger partial charge is 0.0964 e. The standard InChI is InChI=1S/C17H14ClN3/c1-11(19)20-15-8-4-13-5-9-16(21-17(13)10-15)12-2-6-14(18)7-3-12/h2-10H,1H3,(H2,19,20). The Kier molecular flexibility index (Phi) is 3.59. The second kappa shape index (κ2) is 5.54. The Hall–Kier alpha value is -2.39.